The molecule has 0 aliphatic heterocycles. The van der Waals surface area contributed by atoms with Gasteiger partial charge in [0.25, 0.3) is 0 Å². The number of hydrogen-bond acceptors (Lipinski definition) is 3. The largest absolute Gasteiger partial charge is 0.384 e. The SMILES string of the molecule is CN(CCSc1ccccc1)c1cccc(C(=N)N)c1. The minimum Gasteiger partial charge on any atom is -0.384 e. The van der Waals surface area contributed by atoms with Gasteiger partial charge in [0.2, 0.25) is 0 Å². The van der Waals surface area contributed by atoms with Gasteiger partial charge in [-0.25, -0.2) is 0 Å². The number of nitrogens with two attached hydrogens (primary N) is 1. The van der Waals surface area contributed by atoms with Crippen LogP contribution in [0, 0.1) is 5.41 Å². The Morgan fingerprint density at radius 3 is 2.60 bits per heavy atom. The molecule has 0 atom stereocenters. The van der Waals surface area contributed by atoms with E-state index in [1.165, 1.54) is 4.90 Å². The van der Waals surface area contributed by atoms with Crippen LogP contribution in [0.25, 0.3) is 0 Å². The summed E-state index contributed by atoms with van der Waals surface area (Å²) in [5.41, 5.74) is 7.38. The number of thioether (sulfide) groups is 1. The average Bonchev–Trinajstić information content (AvgIpc) is 2.48. The summed E-state index contributed by atoms with van der Waals surface area (Å²) < 4.78 is 0. The number of nitrogens with zero attached hydrogens (tertiary/aromatic N) is 1. The Kier molecular flexibility index (Phi) is 5.07. The van der Waals surface area contributed by atoms with Crippen LogP contribution in [-0.2, 0) is 0 Å². The van der Waals surface area contributed by atoms with Gasteiger partial charge in [0.15, 0.2) is 0 Å². The minimum atomic E-state index is 0.110. The number of nitrogens with one attached hydrogen (secondary N) is 1. The predicted molar refractivity (Wildman–Crippen MR) is 87.9 cm³/mol. The highest BCUT2D eigenvalue weighted by atomic mass is 32.2. The van der Waals surface area contributed by atoms with Crippen LogP contribution in [0.3, 0.4) is 0 Å². The van der Waals surface area contributed by atoms with Crippen molar-refractivity contribution >= 4 is 23.3 Å². The van der Waals surface area contributed by atoms with Gasteiger partial charge >= 0.3 is 0 Å². The van der Waals surface area contributed by atoms with E-state index in [-0.39, 0.29) is 5.84 Å². The van der Waals surface area contributed by atoms with Gasteiger partial charge in [-0.2, -0.15) is 0 Å². The molecule has 0 aliphatic carbocycles. The third-order valence-electron chi connectivity index (χ3n) is 3.04. The van der Waals surface area contributed by atoms with E-state index >= 15 is 0 Å². The number of anilines is 1. The first-order valence-corrected chi connectivity index (χ1v) is 7.49. The van der Waals surface area contributed by atoms with Gasteiger partial charge in [-0.05, 0) is 24.3 Å². The Morgan fingerprint density at radius 2 is 1.90 bits per heavy atom. The molecule has 2 aromatic carbocycles. The fourth-order valence-corrected chi connectivity index (χ4v) is 2.81. The molecule has 0 aromatic heterocycles. The van der Waals surface area contributed by atoms with Gasteiger partial charge in [-0.15, -0.1) is 11.8 Å². The molecule has 4 heteroatoms. The third-order valence-corrected chi connectivity index (χ3v) is 4.03. The molecule has 0 fully saturated rings. The third kappa shape index (κ3) is 4.03. The van der Waals surface area contributed by atoms with E-state index in [0.29, 0.717) is 0 Å². The molecule has 0 saturated heterocycles. The van der Waals surface area contributed by atoms with Crippen molar-refractivity contribution < 1.29 is 0 Å². The van der Waals surface area contributed by atoms with E-state index in [1.54, 1.807) is 0 Å². The smallest absolute Gasteiger partial charge is 0.122 e. The molecule has 0 aliphatic rings. The van der Waals surface area contributed by atoms with Gasteiger partial charge in [-0.1, -0.05) is 30.3 Å². The molecule has 104 valence electrons. The second-order valence-electron chi connectivity index (χ2n) is 4.55. The number of benzene rings is 2. The lowest BCUT2D eigenvalue weighted by molar-refractivity contribution is 0.976. The van der Waals surface area contributed by atoms with Gasteiger partial charge in [0.05, 0.1) is 0 Å². The van der Waals surface area contributed by atoms with Crippen LogP contribution in [0.1, 0.15) is 5.56 Å². The maximum absolute atomic E-state index is 7.48. The van der Waals surface area contributed by atoms with E-state index in [1.807, 2.05) is 42.1 Å². The first kappa shape index (κ1) is 14.5. The Hall–Kier alpha value is -1.94. The molecule has 2 aromatic rings. The minimum absolute atomic E-state index is 0.110. The van der Waals surface area contributed by atoms with Crippen LogP contribution in [-0.4, -0.2) is 25.2 Å². The van der Waals surface area contributed by atoms with E-state index in [2.05, 4.69) is 36.2 Å². The summed E-state index contributed by atoms with van der Waals surface area (Å²) >= 11 is 1.85. The highest BCUT2D eigenvalue weighted by molar-refractivity contribution is 7.99. The van der Waals surface area contributed by atoms with Crippen molar-refractivity contribution in [3.63, 3.8) is 0 Å². The Labute approximate surface area is 124 Å². The lowest BCUT2D eigenvalue weighted by Crippen LogP contribution is -2.21. The summed E-state index contributed by atoms with van der Waals surface area (Å²) in [5, 5.41) is 7.48. The van der Waals surface area contributed by atoms with E-state index in [4.69, 9.17) is 11.1 Å². The number of nitrogen functional groups attached to an aromatic ring is 1. The zero-order chi connectivity index (χ0) is 14.4. The molecule has 20 heavy (non-hydrogen) atoms. The molecule has 0 spiro atoms. The zero-order valence-electron chi connectivity index (χ0n) is 11.5. The fourth-order valence-electron chi connectivity index (χ4n) is 1.86. The lowest BCUT2D eigenvalue weighted by Gasteiger charge is -2.19. The van der Waals surface area contributed by atoms with Gasteiger partial charge in [0.1, 0.15) is 5.84 Å². The van der Waals surface area contributed by atoms with Crippen LogP contribution >= 0.6 is 11.8 Å². The van der Waals surface area contributed by atoms with Crippen molar-refractivity contribution in [2.24, 2.45) is 5.73 Å². The molecule has 0 bridgehead atoms. The lowest BCUT2D eigenvalue weighted by atomic mass is 10.2. The molecule has 0 amide bonds. The molecule has 0 saturated carbocycles. The fraction of sp³-hybridized carbons (Fsp3) is 0.188. The molecular weight excluding hydrogens is 266 g/mol. The monoisotopic (exact) mass is 285 g/mol. The zero-order valence-corrected chi connectivity index (χ0v) is 12.4. The van der Waals surface area contributed by atoms with E-state index in [9.17, 15) is 0 Å². The number of hydrogen-bond donors (Lipinski definition) is 2. The van der Waals surface area contributed by atoms with Crippen molar-refractivity contribution in [1.29, 1.82) is 5.41 Å². The molecule has 2 rings (SSSR count). The summed E-state index contributed by atoms with van der Waals surface area (Å²) in [7, 11) is 2.06. The van der Waals surface area contributed by atoms with Crippen LogP contribution in [0.2, 0.25) is 0 Å². The quantitative estimate of drug-likeness (QED) is 0.487. The number of rotatable bonds is 6. The molecule has 3 nitrogen and oxygen atoms in total. The van der Waals surface area contributed by atoms with Crippen molar-refractivity contribution in [2.45, 2.75) is 4.90 Å². The summed E-state index contributed by atoms with van der Waals surface area (Å²) in [6, 6.07) is 18.2. The Morgan fingerprint density at radius 1 is 1.15 bits per heavy atom. The van der Waals surface area contributed by atoms with Crippen LogP contribution in [0.5, 0.6) is 0 Å². The molecule has 3 N–H and O–H groups in total. The van der Waals surface area contributed by atoms with Crippen LogP contribution < -0.4 is 10.6 Å². The Bertz CT molecular complexity index is 569. The van der Waals surface area contributed by atoms with Crippen LogP contribution in [0.15, 0.2) is 59.5 Å². The molecule has 0 heterocycles. The van der Waals surface area contributed by atoms with Crippen LogP contribution in [0.4, 0.5) is 5.69 Å². The summed E-state index contributed by atoms with van der Waals surface area (Å²) in [5.74, 6) is 1.13. The maximum atomic E-state index is 7.48. The summed E-state index contributed by atoms with van der Waals surface area (Å²) in [4.78, 5) is 3.47. The van der Waals surface area contributed by atoms with Gasteiger partial charge in [-0.3, -0.25) is 5.41 Å². The van der Waals surface area contributed by atoms with Crippen molar-refractivity contribution in [3.8, 4) is 0 Å². The van der Waals surface area contributed by atoms with Gasteiger partial charge < -0.3 is 10.6 Å². The second-order valence-corrected chi connectivity index (χ2v) is 5.72. The van der Waals surface area contributed by atoms with E-state index < -0.39 is 0 Å². The molecule has 0 unspecified atom stereocenters. The average molecular weight is 285 g/mol. The standard InChI is InChI=1S/C16H19N3S/c1-19(10-11-20-15-8-3-2-4-9-15)14-7-5-6-13(12-14)16(17)18/h2-9,12H,10-11H2,1H3,(H3,17,18). The first-order chi connectivity index (χ1) is 9.66. The topological polar surface area (TPSA) is 53.1 Å². The second kappa shape index (κ2) is 7.01. The van der Waals surface area contributed by atoms with Crippen molar-refractivity contribution in [2.75, 3.05) is 24.2 Å². The predicted octanol–water partition coefficient (Wildman–Crippen LogP) is 3.20. The van der Waals surface area contributed by atoms with Crippen molar-refractivity contribution in [3.05, 3.63) is 60.2 Å². The van der Waals surface area contributed by atoms with E-state index in [0.717, 1.165) is 23.5 Å². The summed E-state index contributed by atoms with van der Waals surface area (Å²) in [6.07, 6.45) is 0. The van der Waals surface area contributed by atoms with Gasteiger partial charge in [0, 0.05) is 35.5 Å². The first-order valence-electron chi connectivity index (χ1n) is 6.50. The normalized spacial score (nSPS) is 10.2. The molecule has 0 radical (unpaired) electrons. The maximum Gasteiger partial charge on any atom is 0.122 e. The highest BCUT2D eigenvalue weighted by Gasteiger charge is 2.03. The Balaban J connectivity index is 1.90. The van der Waals surface area contributed by atoms with Crippen molar-refractivity contribution in [1.82, 2.24) is 0 Å². The highest BCUT2D eigenvalue weighted by Crippen LogP contribution is 2.19. The molecular formula is C16H19N3S. The number of amidine groups is 1. The summed E-state index contributed by atoms with van der Waals surface area (Å²) in [6.45, 7) is 0.945.